The van der Waals surface area contributed by atoms with Gasteiger partial charge in [-0.3, -0.25) is 9.48 Å². The van der Waals surface area contributed by atoms with Gasteiger partial charge in [0.1, 0.15) is 10.5 Å². The van der Waals surface area contributed by atoms with Crippen LogP contribution < -0.4 is 5.56 Å². The molecule has 4 heterocycles. The fourth-order valence-electron chi connectivity index (χ4n) is 3.54. The first-order valence-corrected chi connectivity index (χ1v) is 9.73. The van der Waals surface area contributed by atoms with Crippen molar-refractivity contribution in [3.8, 4) is 0 Å². The van der Waals surface area contributed by atoms with E-state index in [1.54, 1.807) is 6.20 Å². The van der Waals surface area contributed by atoms with Crippen molar-refractivity contribution in [2.45, 2.75) is 12.4 Å². The second kappa shape index (κ2) is 5.90. The third-order valence-corrected chi connectivity index (χ3v) is 6.38. The number of fused-ring (bicyclic) bond motifs is 4. The third kappa shape index (κ3) is 2.33. The molecule has 9 heteroatoms. The predicted octanol–water partition coefficient (Wildman–Crippen LogP) is 3.02. The summed E-state index contributed by atoms with van der Waals surface area (Å²) in [6.45, 7) is 0.386. The molecule has 0 atom stereocenters. The lowest BCUT2D eigenvalue weighted by molar-refractivity contribution is 0.647. The fourth-order valence-corrected chi connectivity index (χ4v) is 4.72. The van der Waals surface area contributed by atoms with Gasteiger partial charge in [0.2, 0.25) is 0 Å². The Labute approximate surface area is 162 Å². The maximum atomic E-state index is 13.1. The van der Waals surface area contributed by atoms with Gasteiger partial charge in [0.05, 0.1) is 35.0 Å². The van der Waals surface area contributed by atoms with E-state index in [9.17, 15) is 4.79 Å². The molecule has 0 aliphatic carbocycles. The molecule has 5 rings (SSSR count). The summed E-state index contributed by atoms with van der Waals surface area (Å²) in [6, 6.07) is 5.98. The minimum atomic E-state index is -0.131. The van der Waals surface area contributed by atoms with Crippen molar-refractivity contribution >= 4 is 55.1 Å². The van der Waals surface area contributed by atoms with Crippen molar-refractivity contribution in [1.82, 2.24) is 29.1 Å². The molecular weight excluding hydrogens is 384 g/mol. The summed E-state index contributed by atoms with van der Waals surface area (Å²) in [5.74, 6) is 0.362. The van der Waals surface area contributed by atoms with E-state index in [4.69, 9.17) is 11.6 Å². The number of thiazole rings is 1. The molecule has 0 bridgehead atoms. The van der Waals surface area contributed by atoms with Crippen molar-refractivity contribution in [1.29, 1.82) is 0 Å². The van der Waals surface area contributed by atoms with E-state index in [2.05, 4.69) is 15.2 Å². The highest BCUT2D eigenvalue weighted by Crippen LogP contribution is 2.31. The molecule has 136 valence electrons. The molecule has 0 N–H and O–H groups in total. The van der Waals surface area contributed by atoms with Crippen molar-refractivity contribution in [3.63, 3.8) is 0 Å². The minimum Gasteiger partial charge on any atom is -0.323 e. The Morgan fingerprint density at radius 2 is 1.96 bits per heavy atom. The second-order valence-corrected chi connectivity index (χ2v) is 7.79. The third-order valence-electron chi connectivity index (χ3n) is 4.89. The van der Waals surface area contributed by atoms with E-state index < -0.39 is 0 Å². The quantitative estimate of drug-likeness (QED) is 0.438. The zero-order chi connectivity index (χ0) is 18.7. The van der Waals surface area contributed by atoms with Crippen LogP contribution in [0.3, 0.4) is 0 Å². The van der Waals surface area contributed by atoms with Crippen LogP contribution in [0.4, 0.5) is 0 Å². The van der Waals surface area contributed by atoms with Crippen LogP contribution in [-0.2, 0) is 26.5 Å². The van der Waals surface area contributed by atoms with Crippen molar-refractivity contribution in [3.05, 3.63) is 51.5 Å². The average Bonchev–Trinajstić information content (AvgIpc) is 3.33. The monoisotopic (exact) mass is 398 g/mol. The van der Waals surface area contributed by atoms with Gasteiger partial charge < -0.3 is 4.57 Å². The van der Waals surface area contributed by atoms with Crippen LogP contribution in [0.5, 0.6) is 0 Å². The summed E-state index contributed by atoms with van der Waals surface area (Å²) >= 11 is 7.41. The fraction of sp³-hybridized carbons (Fsp3) is 0.222. The van der Waals surface area contributed by atoms with E-state index in [0.29, 0.717) is 17.9 Å². The lowest BCUT2D eigenvalue weighted by Crippen LogP contribution is -2.24. The Balaban J connectivity index is 1.69. The maximum Gasteiger partial charge on any atom is 0.291 e. The Kier molecular flexibility index (Phi) is 3.60. The molecule has 0 aliphatic rings. The van der Waals surface area contributed by atoms with Crippen molar-refractivity contribution < 1.29 is 0 Å². The Hall–Kier alpha value is -2.71. The first-order valence-electron chi connectivity index (χ1n) is 8.38. The van der Waals surface area contributed by atoms with Crippen LogP contribution in [-0.4, -0.2) is 29.1 Å². The number of aromatic nitrogens is 6. The summed E-state index contributed by atoms with van der Waals surface area (Å²) in [4.78, 5) is 17.7. The molecule has 0 spiro atoms. The van der Waals surface area contributed by atoms with Gasteiger partial charge >= 0.3 is 0 Å². The molecule has 27 heavy (non-hydrogen) atoms. The molecule has 0 fully saturated rings. The Morgan fingerprint density at radius 3 is 2.78 bits per heavy atom. The number of rotatable bonds is 3. The number of aryl methyl sites for hydroxylation is 2. The topological polar surface area (TPSA) is 70.5 Å². The van der Waals surface area contributed by atoms with Gasteiger partial charge in [0, 0.05) is 24.9 Å². The molecule has 0 unspecified atom stereocenters. The predicted molar refractivity (Wildman–Crippen MR) is 108 cm³/mol. The van der Waals surface area contributed by atoms with Gasteiger partial charge in [-0.25, -0.2) is 9.67 Å². The summed E-state index contributed by atoms with van der Waals surface area (Å²) in [7, 11) is 3.76. The van der Waals surface area contributed by atoms with Crippen molar-refractivity contribution in [2.24, 2.45) is 14.1 Å². The number of hydrogen-bond acceptors (Lipinski definition) is 5. The van der Waals surface area contributed by atoms with E-state index >= 15 is 0 Å². The molecule has 4 aromatic heterocycles. The number of alkyl halides is 1. The summed E-state index contributed by atoms with van der Waals surface area (Å²) in [5, 5.41) is 11.4. The highest BCUT2D eigenvalue weighted by Gasteiger charge is 2.18. The summed E-state index contributed by atoms with van der Waals surface area (Å²) < 4.78 is 6.11. The van der Waals surface area contributed by atoms with E-state index in [1.165, 1.54) is 16.0 Å². The standard InChI is InChI=1S/C18H15ClN6OS/c1-23-15-12(16-17(23)22-14(6-19)27-16)8-21-25(18(15)26)9-10-4-3-5-13-11(10)7-20-24(13)2/h3-5,7-8H,6,9H2,1-2H3. The van der Waals surface area contributed by atoms with Crippen LogP contribution >= 0.6 is 22.9 Å². The number of hydrogen-bond donors (Lipinski definition) is 0. The zero-order valence-electron chi connectivity index (χ0n) is 14.7. The SMILES string of the molecule is Cn1ncc2c(Cn3ncc4c5sc(CCl)nc5n(C)c4c3=O)cccc21. The molecule has 0 saturated carbocycles. The van der Waals surface area contributed by atoms with E-state index in [-0.39, 0.29) is 5.56 Å². The van der Waals surface area contributed by atoms with Gasteiger partial charge in [-0.15, -0.1) is 22.9 Å². The van der Waals surface area contributed by atoms with E-state index in [0.717, 1.165) is 37.2 Å². The number of halogens is 1. The molecule has 1 aromatic carbocycles. The molecule has 5 aromatic rings. The summed E-state index contributed by atoms with van der Waals surface area (Å²) in [6.07, 6.45) is 3.57. The average molecular weight is 399 g/mol. The van der Waals surface area contributed by atoms with Crippen LogP contribution in [0.15, 0.2) is 35.4 Å². The first kappa shape index (κ1) is 16.5. The lowest BCUT2D eigenvalue weighted by atomic mass is 10.1. The van der Waals surface area contributed by atoms with Crippen LogP contribution in [0.25, 0.3) is 32.2 Å². The second-order valence-electron chi connectivity index (χ2n) is 6.44. The van der Waals surface area contributed by atoms with Gasteiger partial charge in [-0.05, 0) is 11.6 Å². The number of benzene rings is 1. The smallest absolute Gasteiger partial charge is 0.291 e. The van der Waals surface area contributed by atoms with Crippen LogP contribution in [0.2, 0.25) is 0 Å². The lowest BCUT2D eigenvalue weighted by Gasteiger charge is -2.07. The molecular formula is C18H15ClN6OS. The largest absolute Gasteiger partial charge is 0.323 e. The van der Waals surface area contributed by atoms with Crippen LogP contribution in [0.1, 0.15) is 10.6 Å². The van der Waals surface area contributed by atoms with Gasteiger partial charge in [0.15, 0.2) is 5.65 Å². The molecule has 0 saturated heterocycles. The van der Waals surface area contributed by atoms with E-state index in [1.807, 2.05) is 47.7 Å². The summed E-state index contributed by atoms with van der Waals surface area (Å²) in [5.41, 5.74) is 3.29. The Bertz CT molecular complexity index is 1390. The normalized spacial score (nSPS) is 12.0. The number of nitrogens with zero attached hydrogens (tertiary/aromatic N) is 6. The molecule has 0 aliphatic heterocycles. The zero-order valence-corrected chi connectivity index (χ0v) is 16.3. The van der Waals surface area contributed by atoms with Crippen LogP contribution in [0, 0.1) is 0 Å². The minimum absolute atomic E-state index is 0.131. The highest BCUT2D eigenvalue weighted by molar-refractivity contribution is 7.19. The highest BCUT2D eigenvalue weighted by atomic mass is 35.5. The van der Waals surface area contributed by atoms with Gasteiger partial charge in [-0.1, -0.05) is 12.1 Å². The molecule has 0 radical (unpaired) electrons. The van der Waals surface area contributed by atoms with Gasteiger partial charge in [-0.2, -0.15) is 10.2 Å². The van der Waals surface area contributed by atoms with Crippen molar-refractivity contribution in [2.75, 3.05) is 0 Å². The first-order chi connectivity index (χ1) is 13.1. The maximum absolute atomic E-state index is 13.1. The molecule has 0 amide bonds. The molecule has 7 nitrogen and oxygen atoms in total. The van der Waals surface area contributed by atoms with Gasteiger partial charge in [0.25, 0.3) is 5.56 Å². The Morgan fingerprint density at radius 1 is 1.15 bits per heavy atom.